The molecule has 188 valence electrons. The summed E-state index contributed by atoms with van der Waals surface area (Å²) in [6.07, 6.45) is 29.2. The first-order valence-corrected chi connectivity index (χ1v) is 14.5. The molecule has 33 heavy (non-hydrogen) atoms. The van der Waals surface area contributed by atoms with Crippen molar-refractivity contribution >= 4 is 0 Å². The quantitative estimate of drug-likeness (QED) is 0.181. The molecule has 1 aliphatic heterocycles. The maximum atomic E-state index is 2.58. The summed E-state index contributed by atoms with van der Waals surface area (Å²) in [5.74, 6) is 0. The van der Waals surface area contributed by atoms with Crippen LogP contribution in [0.25, 0.3) is 0 Å². The van der Waals surface area contributed by atoms with Crippen LogP contribution in [0.15, 0.2) is 42.7 Å². The van der Waals surface area contributed by atoms with Gasteiger partial charge in [-0.05, 0) is 25.8 Å². The van der Waals surface area contributed by atoms with E-state index in [1.54, 1.807) is 0 Å². The Morgan fingerprint density at radius 3 is 1.61 bits per heavy atom. The highest BCUT2D eigenvalue weighted by molar-refractivity contribution is 5.17. The molecule has 0 radical (unpaired) electrons. The molecule has 2 nitrogen and oxygen atoms in total. The fraction of sp³-hybridized carbons (Fsp3) is 0.742. The zero-order valence-electron chi connectivity index (χ0n) is 22.3. The Labute approximate surface area is 206 Å². The smallest absolute Gasteiger partial charge is 0.105 e. The van der Waals surface area contributed by atoms with Gasteiger partial charge >= 0.3 is 0 Å². The van der Waals surface area contributed by atoms with E-state index in [0.29, 0.717) is 12.2 Å². The van der Waals surface area contributed by atoms with Crippen LogP contribution in [-0.2, 0) is 6.42 Å². The van der Waals surface area contributed by atoms with Gasteiger partial charge in [0.2, 0.25) is 0 Å². The number of rotatable bonds is 20. The zero-order chi connectivity index (χ0) is 23.6. The monoisotopic (exact) mass is 454 g/mol. The van der Waals surface area contributed by atoms with Crippen molar-refractivity contribution in [2.24, 2.45) is 0 Å². The maximum absolute atomic E-state index is 2.58. The van der Waals surface area contributed by atoms with Gasteiger partial charge in [0.25, 0.3) is 0 Å². The van der Waals surface area contributed by atoms with Crippen LogP contribution in [0.1, 0.15) is 129 Å². The van der Waals surface area contributed by atoms with Crippen molar-refractivity contribution in [2.75, 3.05) is 6.54 Å². The van der Waals surface area contributed by atoms with E-state index in [-0.39, 0.29) is 0 Å². The number of hydrogen-bond donors (Lipinski definition) is 0. The van der Waals surface area contributed by atoms with Crippen LogP contribution in [0.5, 0.6) is 0 Å². The molecule has 0 N–H and O–H groups in total. The highest BCUT2D eigenvalue weighted by atomic mass is 15.4. The number of hydrogen-bond acceptors (Lipinski definition) is 2. The Bertz CT molecular complexity index is 594. The molecule has 2 heteroatoms. The molecule has 1 unspecified atom stereocenters. The summed E-state index contributed by atoms with van der Waals surface area (Å²) in [5.41, 5.74) is 1.44. The van der Waals surface area contributed by atoms with E-state index in [1.807, 2.05) is 0 Å². The highest BCUT2D eigenvalue weighted by Gasteiger charge is 2.27. The van der Waals surface area contributed by atoms with Gasteiger partial charge in [-0.1, -0.05) is 134 Å². The molecule has 1 heterocycles. The highest BCUT2D eigenvalue weighted by Crippen LogP contribution is 2.23. The van der Waals surface area contributed by atoms with Crippen molar-refractivity contribution in [3.05, 3.63) is 48.3 Å². The van der Waals surface area contributed by atoms with Crippen LogP contribution in [-0.4, -0.2) is 28.6 Å². The van der Waals surface area contributed by atoms with Crippen LogP contribution in [0.2, 0.25) is 0 Å². The van der Waals surface area contributed by atoms with E-state index in [4.69, 9.17) is 0 Å². The minimum Gasteiger partial charge on any atom is -0.356 e. The van der Waals surface area contributed by atoms with E-state index >= 15 is 0 Å². The molecule has 0 saturated carbocycles. The van der Waals surface area contributed by atoms with Gasteiger partial charge in [0.05, 0.1) is 0 Å². The summed E-state index contributed by atoms with van der Waals surface area (Å²) < 4.78 is 0. The average molecular weight is 455 g/mol. The van der Waals surface area contributed by atoms with Crippen molar-refractivity contribution in [3.8, 4) is 0 Å². The summed E-state index contributed by atoms with van der Waals surface area (Å²) in [5, 5.41) is 0. The van der Waals surface area contributed by atoms with Crippen molar-refractivity contribution in [2.45, 2.75) is 142 Å². The molecule has 1 aliphatic rings. The Morgan fingerprint density at radius 1 is 0.636 bits per heavy atom. The summed E-state index contributed by atoms with van der Waals surface area (Å²) >= 11 is 0. The van der Waals surface area contributed by atoms with Gasteiger partial charge in [-0.2, -0.15) is 0 Å². The topological polar surface area (TPSA) is 6.48 Å². The molecular weight excluding hydrogens is 400 g/mol. The van der Waals surface area contributed by atoms with Crippen molar-refractivity contribution in [3.63, 3.8) is 0 Å². The molecule has 0 amide bonds. The number of unbranched alkanes of at least 4 members (excludes halogenated alkanes) is 15. The average Bonchev–Trinajstić information content (AvgIpc) is 3.22. The molecule has 0 fully saturated rings. The lowest BCUT2D eigenvalue weighted by Crippen LogP contribution is -2.43. The summed E-state index contributed by atoms with van der Waals surface area (Å²) in [6, 6.07) is 11.5. The van der Waals surface area contributed by atoms with Gasteiger partial charge in [0.15, 0.2) is 0 Å². The summed E-state index contributed by atoms with van der Waals surface area (Å²) in [6.45, 7) is 8.10. The predicted molar refractivity (Wildman–Crippen MR) is 146 cm³/mol. The third-order valence-electron chi connectivity index (χ3n) is 7.28. The van der Waals surface area contributed by atoms with Crippen LogP contribution < -0.4 is 0 Å². The van der Waals surface area contributed by atoms with Crippen LogP contribution in [0.3, 0.4) is 0 Å². The predicted octanol–water partition coefficient (Wildman–Crippen LogP) is 9.31. The summed E-state index contributed by atoms with van der Waals surface area (Å²) in [4.78, 5) is 5.11. The van der Waals surface area contributed by atoms with E-state index < -0.39 is 0 Å². The van der Waals surface area contributed by atoms with Crippen LogP contribution >= 0.6 is 0 Å². The van der Waals surface area contributed by atoms with E-state index in [1.165, 1.54) is 115 Å². The first-order chi connectivity index (χ1) is 16.2. The Kier molecular flexibility index (Phi) is 15.1. The fourth-order valence-electron chi connectivity index (χ4n) is 5.16. The lowest BCUT2D eigenvalue weighted by atomic mass is 10.0. The van der Waals surface area contributed by atoms with E-state index in [0.717, 1.165) is 6.42 Å². The van der Waals surface area contributed by atoms with E-state index in [9.17, 15) is 0 Å². The van der Waals surface area contributed by atoms with Crippen molar-refractivity contribution in [1.29, 1.82) is 0 Å². The molecule has 0 aliphatic carbocycles. The third kappa shape index (κ3) is 12.0. The minimum atomic E-state index is 0.476. The van der Waals surface area contributed by atoms with Gasteiger partial charge < -0.3 is 9.80 Å². The fourth-order valence-corrected chi connectivity index (χ4v) is 5.16. The van der Waals surface area contributed by atoms with Gasteiger partial charge in [-0.25, -0.2) is 0 Å². The molecule has 1 aromatic rings. The van der Waals surface area contributed by atoms with Crippen molar-refractivity contribution < 1.29 is 0 Å². The van der Waals surface area contributed by atoms with Gasteiger partial charge in [0.1, 0.15) is 6.17 Å². The minimum absolute atomic E-state index is 0.476. The Morgan fingerprint density at radius 2 is 1.12 bits per heavy atom. The molecule has 2 rings (SSSR count). The molecular formula is C31H54N2. The van der Waals surface area contributed by atoms with Crippen LogP contribution in [0, 0.1) is 0 Å². The van der Waals surface area contributed by atoms with Crippen LogP contribution in [0.4, 0.5) is 0 Å². The zero-order valence-corrected chi connectivity index (χ0v) is 22.3. The van der Waals surface area contributed by atoms with Crippen molar-refractivity contribution in [1.82, 2.24) is 9.80 Å². The third-order valence-corrected chi connectivity index (χ3v) is 7.28. The first-order valence-electron chi connectivity index (χ1n) is 14.5. The SMILES string of the molecule is CCCCCCCCCCCCCCCCCCN1C=CN(C(C)C)C1Cc1ccccc1. The standard InChI is InChI=1S/C31H54N2/c1-4-5-6-7-8-9-10-11-12-13-14-15-16-17-18-22-25-32-26-27-33(29(2)3)31(32)28-30-23-20-19-21-24-30/h19-21,23-24,26-27,29,31H,4-18,22,25,28H2,1-3H3. The normalized spacial score (nSPS) is 15.8. The molecule has 0 saturated heterocycles. The molecule has 1 atom stereocenters. The van der Waals surface area contributed by atoms with E-state index in [2.05, 4.69) is 73.3 Å². The molecule has 0 spiro atoms. The summed E-state index contributed by atoms with van der Waals surface area (Å²) in [7, 11) is 0. The van der Waals surface area contributed by atoms with Gasteiger partial charge in [0, 0.05) is 31.4 Å². The second-order valence-electron chi connectivity index (χ2n) is 10.6. The Balaban J connectivity index is 1.46. The maximum Gasteiger partial charge on any atom is 0.105 e. The van der Waals surface area contributed by atoms with Gasteiger partial charge in [-0.3, -0.25) is 0 Å². The second-order valence-corrected chi connectivity index (χ2v) is 10.6. The largest absolute Gasteiger partial charge is 0.356 e. The molecule has 1 aromatic carbocycles. The first kappa shape index (κ1) is 27.8. The molecule has 0 aromatic heterocycles. The lowest BCUT2D eigenvalue weighted by Gasteiger charge is -2.35. The number of benzene rings is 1. The van der Waals surface area contributed by atoms with Gasteiger partial charge in [-0.15, -0.1) is 0 Å². The second kappa shape index (κ2) is 18.0. The number of nitrogens with zero attached hydrogens (tertiary/aromatic N) is 2. The molecule has 0 bridgehead atoms. The Hall–Kier alpha value is -1.44. The lowest BCUT2D eigenvalue weighted by molar-refractivity contribution is 0.125.